The van der Waals surface area contributed by atoms with Crippen molar-refractivity contribution in [3.63, 3.8) is 0 Å². The van der Waals surface area contributed by atoms with E-state index < -0.39 is 11.6 Å². The third-order valence-corrected chi connectivity index (χ3v) is 4.23. The molecule has 3 nitrogen and oxygen atoms in total. The first-order chi connectivity index (χ1) is 8.56. The molecule has 0 aromatic heterocycles. The number of aliphatic hydroxyl groups excluding tert-OH is 1. The van der Waals surface area contributed by atoms with Crippen LogP contribution in [0.5, 0.6) is 0 Å². The predicted octanol–water partition coefficient (Wildman–Crippen LogP) is 1.75. The molecular weight excluding hydrogens is 238 g/mol. The Balaban J connectivity index is 1.89. The van der Waals surface area contributed by atoms with Crippen molar-refractivity contribution in [2.24, 2.45) is 11.8 Å². The van der Waals surface area contributed by atoms with Gasteiger partial charge in [0.2, 0.25) is 0 Å². The summed E-state index contributed by atoms with van der Waals surface area (Å²) in [4.78, 5) is 1.89. The molecule has 2 fully saturated rings. The summed E-state index contributed by atoms with van der Waals surface area (Å²) in [5.74, 6) is -0.724. The minimum Gasteiger partial charge on any atom is -0.395 e. The van der Waals surface area contributed by atoms with Crippen LogP contribution in [0.3, 0.4) is 0 Å². The van der Waals surface area contributed by atoms with Crippen LogP contribution in [-0.2, 0) is 0 Å². The number of benzene rings is 1. The van der Waals surface area contributed by atoms with Crippen LogP contribution >= 0.6 is 0 Å². The second-order valence-corrected chi connectivity index (χ2v) is 5.29. The Labute approximate surface area is 104 Å². The molecule has 3 N–H and O–H groups in total. The van der Waals surface area contributed by atoms with E-state index in [0.717, 1.165) is 25.5 Å². The summed E-state index contributed by atoms with van der Waals surface area (Å²) < 4.78 is 26.7. The number of nitrogens with zero attached hydrogens (tertiary/aromatic N) is 1. The summed E-state index contributed by atoms with van der Waals surface area (Å²) in [6.07, 6.45) is 1.51. The summed E-state index contributed by atoms with van der Waals surface area (Å²) in [7, 11) is 0. The number of hydrogen-bond acceptors (Lipinski definition) is 3. The van der Waals surface area contributed by atoms with Gasteiger partial charge in [0, 0.05) is 25.1 Å². The highest BCUT2D eigenvalue weighted by molar-refractivity contribution is 5.68. The number of hydrogen-bond donors (Lipinski definition) is 2. The van der Waals surface area contributed by atoms with Crippen LogP contribution in [0.2, 0.25) is 0 Å². The molecule has 98 valence electrons. The summed E-state index contributed by atoms with van der Waals surface area (Å²) in [5, 5.41) is 9.84. The normalized spacial score (nSPS) is 30.8. The first-order valence-electron chi connectivity index (χ1n) is 6.24. The SMILES string of the molecule is Nc1c(F)cc(F)cc1N1CC2CCC(O)C2C1. The van der Waals surface area contributed by atoms with Crippen LogP contribution in [0.25, 0.3) is 0 Å². The molecule has 3 atom stereocenters. The zero-order chi connectivity index (χ0) is 12.9. The minimum absolute atomic E-state index is 0.00846. The summed E-state index contributed by atoms with van der Waals surface area (Å²) in [6, 6.07) is 2.07. The highest BCUT2D eigenvalue weighted by Crippen LogP contribution is 2.41. The van der Waals surface area contributed by atoms with Gasteiger partial charge in [0.25, 0.3) is 0 Å². The molecule has 5 heteroatoms. The summed E-state index contributed by atoms with van der Waals surface area (Å²) in [5.41, 5.74) is 6.07. The number of nitrogens with two attached hydrogens (primary N) is 1. The Bertz CT molecular complexity index is 480. The number of fused-ring (bicyclic) bond motifs is 1. The monoisotopic (exact) mass is 254 g/mol. The van der Waals surface area contributed by atoms with Gasteiger partial charge in [0.15, 0.2) is 5.82 Å². The Morgan fingerprint density at radius 2 is 2.00 bits per heavy atom. The van der Waals surface area contributed by atoms with Crippen molar-refractivity contribution in [1.82, 2.24) is 0 Å². The lowest BCUT2D eigenvalue weighted by Crippen LogP contribution is -2.25. The average Bonchev–Trinajstić information content (AvgIpc) is 2.86. The Kier molecular flexibility index (Phi) is 2.66. The molecule has 3 unspecified atom stereocenters. The maximum Gasteiger partial charge on any atom is 0.151 e. The molecule has 1 heterocycles. The lowest BCUT2D eigenvalue weighted by Gasteiger charge is -2.22. The van der Waals surface area contributed by atoms with Gasteiger partial charge in [-0.15, -0.1) is 0 Å². The van der Waals surface area contributed by atoms with Crippen molar-refractivity contribution in [1.29, 1.82) is 0 Å². The molecular formula is C13H16F2N2O. The molecule has 3 rings (SSSR count). The van der Waals surface area contributed by atoms with Crippen molar-refractivity contribution in [2.75, 3.05) is 23.7 Å². The van der Waals surface area contributed by atoms with E-state index in [0.29, 0.717) is 18.2 Å². The third-order valence-electron chi connectivity index (χ3n) is 4.23. The molecule has 1 aliphatic carbocycles. The van der Waals surface area contributed by atoms with Gasteiger partial charge >= 0.3 is 0 Å². The van der Waals surface area contributed by atoms with Crippen LogP contribution in [-0.4, -0.2) is 24.3 Å². The molecule has 0 amide bonds. The van der Waals surface area contributed by atoms with Crippen LogP contribution in [0, 0.1) is 23.5 Å². The summed E-state index contributed by atoms with van der Waals surface area (Å²) >= 11 is 0. The van der Waals surface area contributed by atoms with Gasteiger partial charge < -0.3 is 15.7 Å². The molecule has 1 saturated carbocycles. The Hall–Kier alpha value is -1.36. The van der Waals surface area contributed by atoms with Crippen molar-refractivity contribution < 1.29 is 13.9 Å². The first-order valence-corrected chi connectivity index (χ1v) is 6.24. The fourth-order valence-electron chi connectivity index (χ4n) is 3.27. The largest absolute Gasteiger partial charge is 0.395 e. The molecule has 0 radical (unpaired) electrons. The van der Waals surface area contributed by atoms with Crippen LogP contribution < -0.4 is 10.6 Å². The molecule has 0 bridgehead atoms. The fraction of sp³-hybridized carbons (Fsp3) is 0.538. The van der Waals surface area contributed by atoms with E-state index in [-0.39, 0.29) is 17.7 Å². The van der Waals surface area contributed by atoms with Gasteiger partial charge in [-0.2, -0.15) is 0 Å². The molecule has 1 saturated heterocycles. The maximum absolute atomic E-state index is 13.4. The lowest BCUT2D eigenvalue weighted by atomic mass is 10.00. The summed E-state index contributed by atoms with van der Waals surface area (Å²) in [6.45, 7) is 1.34. The average molecular weight is 254 g/mol. The number of nitrogen functional groups attached to an aromatic ring is 1. The predicted molar refractivity (Wildman–Crippen MR) is 65.2 cm³/mol. The highest BCUT2D eigenvalue weighted by atomic mass is 19.1. The Morgan fingerprint density at radius 3 is 2.72 bits per heavy atom. The van der Waals surface area contributed by atoms with Gasteiger partial charge in [0.05, 0.1) is 17.5 Å². The zero-order valence-corrected chi connectivity index (χ0v) is 9.94. The van der Waals surface area contributed by atoms with E-state index in [1.807, 2.05) is 4.90 Å². The topological polar surface area (TPSA) is 49.5 Å². The fourth-order valence-corrected chi connectivity index (χ4v) is 3.27. The number of rotatable bonds is 1. The Morgan fingerprint density at radius 1 is 1.22 bits per heavy atom. The minimum atomic E-state index is -0.720. The third kappa shape index (κ3) is 1.73. The van der Waals surface area contributed by atoms with Gasteiger partial charge in [-0.1, -0.05) is 0 Å². The standard InChI is InChI=1S/C13H16F2N2O/c14-8-3-10(15)13(16)11(4-8)17-5-7-1-2-12(18)9(7)6-17/h3-4,7,9,12,18H,1-2,5-6,16H2. The van der Waals surface area contributed by atoms with E-state index in [9.17, 15) is 13.9 Å². The molecule has 1 aromatic carbocycles. The van der Waals surface area contributed by atoms with E-state index in [4.69, 9.17) is 5.73 Å². The lowest BCUT2D eigenvalue weighted by molar-refractivity contribution is 0.133. The molecule has 1 aliphatic heterocycles. The smallest absolute Gasteiger partial charge is 0.151 e. The highest BCUT2D eigenvalue weighted by Gasteiger charge is 2.42. The van der Waals surface area contributed by atoms with Gasteiger partial charge in [-0.25, -0.2) is 8.78 Å². The van der Waals surface area contributed by atoms with Crippen molar-refractivity contribution in [2.45, 2.75) is 18.9 Å². The second-order valence-electron chi connectivity index (χ2n) is 5.29. The second kappa shape index (κ2) is 4.09. The van der Waals surface area contributed by atoms with E-state index >= 15 is 0 Å². The first kappa shape index (κ1) is 11.7. The van der Waals surface area contributed by atoms with Gasteiger partial charge in [-0.05, 0) is 24.8 Å². The van der Waals surface area contributed by atoms with Crippen molar-refractivity contribution >= 4 is 11.4 Å². The van der Waals surface area contributed by atoms with Crippen LogP contribution in [0.4, 0.5) is 20.2 Å². The molecule has 0 spiro atoms. The molecule has 1 aromatic rings. The van der Waals surface area contributed by atoms with Gasteiger partial charge in [0.1, 0.15) is 5.82 Å². The van der Waals surface area contributed by atoms with E-state index in [1.165, 1.54) is 6.07 Å². The maximum atomic E-state index is 13.4. The number of halogens is 2. The molecule has 18 heavy (non-hydrogen) atoms. The van der Waals surface area contributed by atoms with Crippen LogP contribution in [0.1, 0.15) is 12.8 Å². The number of aliphatic hydroxyl groups is 1. The zero-order valence-electron chi connectivity index (χ0n) is 9.94. The van der Waals surface area contributed by atoms with E-state index in [1.54, 1.807) is 0 Å². The van der Waals surface area contributed by atoms with Crippen molar-refractivity contribution in [3.05, 3.63) is 23.8 Å². The van der Waals surface area contributed by atoms with Gasteiger partial charge in [-0.3, -0.25) is 0 Å². The van der Waals surface area contributed by atoms with Crippen molar-refractivity contribution in [3.8, 4) is 0 Å². The number of anilines is 2. The van der Waals surface area contributed by atoms with Crippen LogP contribution in [0.15, 0.2) is 12.1 Å². The molecule has 2 aliphatic rings. The quantitative estimate of drug-likeness (QED) is 0.751. The van der Waals surface area contributed by atoms with E-state index in [2.05, 4.69) is 0 Å².